The number of benzene rings is 1. The number of rotatable bonds is 7. The van der Waals surface area contributed by atoms with Gasteiger partial charge in [0.05, 0.1) is 0 Å². The van der Waals surface area contributed by atoms with Gasteiger partial charge in [0, 0.05) is 18.7 Å². The minimum Gasteiger partial charge on any atom is -0.490 e. The first-order chi connectivity index (χ1) is 9.08. The summed E-state index contributed by atoms with van der Waals surface area (Å²) in [7, 11) is 0. The molecule has 0 bridgehead atoms. The van der Waals surface area contributed by atoms with Gasteiger partial charge in [-0.15, -0.1) is 0 Å². The minimum absolute atomic E-state index is 0.0146. The van der Waals surface area contributed by atoms with Gasteiger partial charge in [-0.2, -0.15) is 0 Å². The van der Waals surface area contributed by atoms with Gasteiger partial charge < -0.3 is 9.64 Å². The zero-order valence-corrected chi connectivity index (χ0v) is 11.7. The molecule has 0 saturated heterocycles. The fraction of sp³-hybridized carbons (Fsp3) is 0.312. The Morgan fingerprint density at radius 2 is 2.00 bits per heavy atom. The highest BCUT2D eigenvalue weighted by Crippen LogP contribution is 2.14. The molecular formula is C16H21NO2. The van der Waals surface area contributed by atoms with Crippen molar-refractivity contribution in [2.24, 2.45) is 0 Å². The monoisotopic (exact) mass is 259 g/mol. The molecule has 3 nitrogen and oxygen atoms in total. The fourth-order valence-electron chi connectivity index (χ4n) is 1.68. The van der Waals surface area contributed by atoms with Crippen molar-refractivity contribution in [3.8, 4) is 5.75 Å². The van der Waals surface area contributed by atoms with Crippen LogP contribution < -0.4 is 4.74 Å². The molecule has 3 heteroatoms. The quantitative estimate of drug-likeness (QED) is 0.703. The fourth-order valence-corrected chi connectivity index (χ4v) is 1.68. The summed E-state index contributed by atoms with van der Waals surface area (Å²) in [6, 6.07) is 7.15. The first-order valence-corrected chi connectivity index (χ1v) is 6.36. The molecule has 0 aliphatic heterocycles. The van der Waals surface area contributed by atoms with E-state index in [0.717, 1.165) is 11.3 Å². The smallest absolute Gasteiger partial charge is 0.254 e. The van der Waals surface area contributed by atoms with Crippen LogP contribution in [-0.4, -0.2) is 30.5 Å². The molecule has 1 aromatic rings. The third-order valence-corrected chi connectivity index (χ3v) is 2.60. The third-order valence-electron chi connectivity index (χ3n) is 2.60. The number of nitrogens with zero attached hydrogens (tertiary/aromatic N) is 1. The molecule has 0 aromatic heterocycles. The van der Waals surface area contributed by atoms with E-state index >= 15 is 0 Å². The number of amides is 1. The van der Waals surface area contributed by atoms with Crippen molar-refractivity contribution in [1.29, 1.82) is 0 Å². The van der Waals surface area contributed by atoms with Gasteiger partial charge in [-0.05, 0) is 38.1 Å². The highest BCUT2D eigenvalue weighted by Gasteiger charge is 2.13. The molecule has 0 unspecified atom stereocenters. The van der Waals surface area contributed by atoms with E-state index in [2.05, 4.69) is 13.2 Å². The van der Waals surface area contributed by atoms with Crippen molar-refractivity contribution < 1.29 is 9.53 Å². The molecule has 0 fully saturated rings. The molecule has 0 saturated carbocycles. The van der Waals surface area contributed by atoms with Crippen molar-refractivity contribution in [2.75, 3.05) is 19.7 Å². The second-order valence-corrected chi connectivity index (χ2v) is 4.40. The minimum atomic E-state index is 0.0146. The summed E-state index contributed by atoms with van der Waals surface area (Å²) in [5.41, 5.74) is 1.63. The SMILES string of the molecule is C=CCOc1ccc(C(=O)N(CC)CC(=C)C)cc1. The van der Waals surface area contributed by atoms with Gasteiger partial charge in [0.15, 0.2) is 0 Å². The Kier molecular flexibility index (Phi) is 5.86. The number of carbonyl (C=O) groups is 1. The average molecular weight is 259 g/mol. The van der Waals surface area contributed by atoms with Crippen molar-refractivity contribution in [2.45, 2.75) is 13.8 Å². The van der Waals surface area contributed by atoms with E-state index in [4.69, 9.17) is 4.74 Å². The summed E-state index contributed by atoms with van der Waals surface area (Å²) in [5, 5.41) is 0. The highest BCUT2D eigenvalue weighted by atomic mass is 16.5. The van der Waals surface area contributed by atoms with Crippen molar-refractivity contribution in [3.63, 3.8) is 0 Å². The van der Waals surface area contributed by atoms with E-state index < -0.39 is 0 Å². The Labute approximate surface area is 115 Å². The van der Waals surface area contributed by atoms with E-state index in [1.165, 1.54) is 0 Å². The summed E-state index contributed by atoms with van der Waals surface area (Å²) < 4.78 is 5.38. The lowest BCUT2D eigenvalue weighted by atomic mass is 10.2. The molecule has 19 heavy (non-hydrogen) atoms. The maximum atomic E-state index is 12.3. The lowest BCUT2D eigenvalue weighted by Gasteiger charge is -2.21. The van der Waals surface area contributed by atoms with Gasteiger partial charge in [0.2, 0.25) is 0 Å². The summed E-state index contributed by atoms with van der Waals surface area (Å²) in [6.45, 7) is 13.0. The molecule has 1 rings (SSSR count). The summed E-state index contributed by atoms with van der Waals surface area (Å²) in [4.78, 5) is 14.0. The molecule has 0 radical (unpaired) electrons. The molecule has 0 N–H and O–H groups in total. The van der Waals surface area contributed by atoms with Crippen LogP contribution in [0, 0.1) is 0 Å². The summed E-state index contributed by atoms with van der Waals surface area (Å²) in [6.07, 6.45) is 1.69. The predicted molar refractivity (Wildman–Crippen MR) is 78.5 cm³/mol. The third kappa shape index (κ3) is 4.62. The van der Waals surface area contributed by atoms with Crippen LogP contribution in [0.15, 0.2) is 49.1 Å². The second kappa shape index (κ2) is 7.41. The standard InChI is InChI=1S/C16H21NO2/c1-5-11-19-15-9-7-14(8-10-15)16(18)17(6-2)12-13(3)4/h5,7-10H,1,3,6,11-12H2,2,4H3. The van der Waals surface area contributed by atoms with Crippen LogP contribution in [0.4, 0.5) is 0 Å². The first-order valence-electron chi connectivity index (χ1n) is 6.36. The average Bonchev–Trinajstić information content (AvgIpc) is 2.42. The maximum Gasteiger partial charge on any atom is 0.254 e. The Bertz CT molecular complexity index is 448. The van der Waals surface area contributed by atoms with Crippen molar-refractivity contribution in [3.05, 3.63) is 54.6 Å². The van der Waals surface area contributed by atoms with E-state index in [0.29, 0.717) is 25.3 Å². The number of ether oxygens (including phenoxy) is 1. The van der Waals surface area contributed by atoms with E-state index in [-0.39, 0.29) is 5.91 Å². The van der Waals surface area contributed by atoms with E-state index in [1.54, 1.807) is 35.2 Å². The van der Waals surface area contributed by atoms with Gasteiger partial charge >= 0.3 is 0 Å². The Morgan fingerprint density at radius 3 is 2.47 bits per heavy atom. The number of hydrogen-bond acceptors (Lipinski definition) is 2. The first kappa shape index (κ1) is 15.0. The van der Waals surface area contributed by atoms with Crippen LogP contribution in [-0.2, 0) is 0 Å². The topological polar surface area (TPSA) is 29.5 Å². The summed E-state index contributed by atoms with van der Waals surface area (Å²) >= 11 is 0. The van der Waals surface area contributed by atoms with Crippen LogP contribution in [0.2, 0.25) is 0 Å². The second-order valence-electron chi connectivity index (χ2n) is 4.40. The van der Waals surface area contributed by atoms with Crippen LogP contribution in [0.5, 0.6) is 5.75 Å². The van der Waals surface area contributed by atoms with Crippen LogP contribution in [0.25, 0.3) is 0 Å². The van der Waals surface area contributed by atoms with E-state index in [1.807, 2.05) is 13.8 Å². The Hall–Kier alpha value is -2.03. The maximum absolute atomic E-state index is 12.3. The Balaban J connectivity index is 2.75. The molecule has 0 aliphatic rings. The molecule has 1 aromatic carbocycles. The van der Waals surface area contributed by atoms with Crippen LogP contribution >= 0.6 is 0 Å². The molecule has 0 aliphatic carbocycles. The number of likely N-dealkylation sites (N-methyl/N-ethyl adjacent to an activating group) is 1. The molecule has 1 amide bonds. The predicted octanol–water partition coefficient (Wildman–Crippen LogP) is 3.29. The van der Waals surface area contributed by atoms with Gasteiger partial charge in [0.1, 0.15) is 12.4 Å². The van der Waals surface area contributed by atoms with Crippen LogP contribution in [0.3, 0.4) is 0 Å². The van der Waals surface area contributed by atoms with Gasteiger partial charge in [-0.3, -0.25) is 4.79 Å². The van der Waals surface area contributed by atoms with Gasteiger partial charge in [0.25, 0.3) is 5.91 Å². The molecule has 0 spiro atoms. The van der Waals surface area contributed by atoms with Crippen LogP contribution in [0.1, 0.15) is 24.2 Å². The largest absolute Gasteiger partial charge is 0.490 e. The zero-order chi connectivity index (χ0) is 14.3. The van der Waals surface area contributed by atoms with E-state index in [9.17, 15) is 4.79 Å². The number of carbonyl (C=O) groups excluding carboxylic acids is 1. The molecule has 102 valence electrons. The zero-order valence-electron chi connectivity index (χ0n) is 11.7. The molecule has 0 heterocycles. The molecular weight excluding hydrogens is 238 g/mol. The van der Waals surface area contributed by atoms with Gasteiger partial charge in [-0.25, -0.2) is 0 Å². The normalized spacial score (nSPS) is 9.79. The number of hydrogen-bond donors (Lipinski definition) is 0. The lowest BCUT2D eigenvalue weighted by molar-refractivity contribution is 0.0778. The highest BCUT2D eigenvalue weighted by molar-refractivity contribution is 5.94. The lowest BCUT2D eigenvalue weighted by Crippen LogP contribution is -2.32. The Morgan fingerprint density at radius 1 is 1.37 bits per heavy atom. The van der Waals surface area contributed by atoms with Crippen molar-refractivity contribution >= 4 is 5.91 Å². The molecule has 0 atom stereocenters. The summed E-state index contributed by atoms with van der Waals surface area (Å²) in [5.74, 6) is 0.750. The van der Waals surface area contributed by atoms with Gasteiger partial charge in [-0.1, -0.05) is 24.8 Å². The van der Waals surface area contributed by atoms with Crippen molar-refractivity contribution in [1.82, 2.24) is 4.90 Å².